The molecule has 0 atom stereocenters. The first-order valence-electron chi connectivity index (χ1n) is 6.94. The van der Waals surface area contributed by atoms with Gasteiger partial charge < -0.3 is 10.1 Å². The molecule has 0 spiro atoms. The second-order valence-corrected chi connectivity index (χ2v) is 5.12. The molecule has 0 saturated carbocycles. The number of hydrogen-bond donors (Lipinski definition) is 1. The highest BCUT2D eigenvalue weighted by Gasteiger charge is 2.09. The second-order valence-electron chi connectivity index (χ2n) is 5.12. The van der Waals surface area contributed by atoms with Gasteiger partial charge in [0.25, 0.3) is 0 Å². The SMILES string of the molecule is COc1cc2c(NCc3cc(C)nn3C)ccnc2cc1F. The van der Waals surface area contributed by atoms with Crippen molar-refractivity contribution in [3.8, 4) is 5.75 Å². The lowest BCUT2D eigenvalue weighted by Gasteiger charge is -2.11. The van der Waals surface area contributed by atoms with Crippen LogP contribution in [0, 0.1) is 12.7 Å². The average Bonchev–Trinajstić information content (AvgIpc) is 2.82. The zero-order chi connectivity index (χ0) is 15.7. The van der Waals surface area contributed by atoms with Gasteiger partial charge in [-0.05, 0) is 25.1 Å². The van der Waals surface area contributed by atoms with Crippen molar-refractivity contribution in [1.29, 1.82) is 0 Å². The Labute approximate surface area is 127 Å². The molecule has 0 aliphatic rings. The third-order valence-electron chi connectivity index (χ3n) is 3.57. The zero-order valence-electron chi connectivity index (χ0n) is 12.7. The summed E-state index contributed by atoms with van der Waals surface area (Å²) in [5.74, 6) is -0.207. The van der Waals surface area contributed by atoms with Gasteiger partial charge in [-0.15, -0.1) is 0 Å². The van der Waals surface area contributed by atoms with Crippen LogP contribution in [0.2, 0.25) is 0 Å². The van der Waals surface area contributed by atoms with Gasteiger partial charge in [-0.25, -0.2) is 4.39 Å². The first-order valence-corrected chi connectivity index (χ1v) is 6.94. The zero-order valence-corrected chi connectivity index (χ0v) is 12.7. The quantitative estimate of drug-likeness (QED) is 0.804. The highest BCUT2D eigenvalue weighted by Crippen LogP contribution is 2.28. The van der Waals surface area contributed by atoms with Crippen LogP contribution >= 0.6 is 0 Å². The smallest absolute Gasteiger partial charge is 0.167 e. The number of pyridine rings is 1. The lowest BCUT2D eigenvalue weighted by atomic mass is 10.1. The summed E-state index contributed by atoms with van der Waals surface area (Å²) in [6.07, 6.45) is 1.66. The van der Waals surface area contributed by atoms with Crippen LogP contribution in [0.3, 0.4) is 0 Å². The molecule has 114 valence electrons. The number of ether oxygens (including phenoxy) is 1. The van der Waals surface area contributed by atoms with Gasteiger partial charge in [-0.1, -0.05) is 0 Å². The van der Waals surface area contributed by atoms with E-state index in [1.807, 2.05) is 30.8 Å². The van der Waals surface area contributed by atoms with Gasteiger partial charge in [0.2, 0.25) is 0 Å². The topological polar surface area (TPSA) is 52.0 Å². The predicted molar refractivity (Wildman–Crippen MR) is 83.5 cm³/mol. The van der Waals surface area contributed by atoms with Gasteiger partial charge in [0.15, 0.2) is 11.6 Å². The summed E-state index contributed by atoms with van der Waals surface area (Å²) in [5, 5.41) is 8.49. The van der Waals surface area contributed by atoms with E-state index in [1.165, 1.54) is 13.2 Å². The molecular weight excluding hydrogens is 283 g/mol. The van der Waals surface area contributed by atoms with Gasteiger partial charge in [0.1, 0.15) is 0 Å². The molecule has 1 N–H and O–H groups in total. The molecule has 5 nitrogen and oxygen atoms in total. The molecule has 22 heavy (non-hydrogen) atoms. The predicted octanol–water partition coefficient (Wildman–Crippen LogP) is 3.04. The summed E-state index contributed by atoms with van der Waals surface area (Å²) < 4.78 is 20.6. The Balaban J connectivity index is 1.94. The highest BCUT2D eigenvalue weighted by molar-refractivity contribution is 5.92. The van der Waals surface area contributed by atoms with Crippen LogP contribution in [-0.2, 0) is 13.6 Å². The number of anilines is 1. The van der Waals surface area contributed by atoms with Crippen LogP contribution in [0.1, 0.15) is 11.4 Å². The molecule has 3 rings (SSSR count). The Morgan fingerprint density at radius 2 is 2.14 bits per heavy atom. The molecule has 0 aliphatic carbocycles. The highest BCUT2D eigenvalue weighted by atomic mass is 19.1. The molecule has 0 fully saturated rings. The summed E-state index contributed by atoms with van der Waals surface area (Å²) in [6.45, 7) is 2.58. The standard InChI is InChI=1S/C16H17FN4O/c1-10-6-11(21(2)20-10)9-19-14-4-5-18-15-8-13(17)16(22-3)7-12(14)15/h4-8H,9H2,1-3H3,(H,18,19). The summed E-state index contributed by atoms with van der Waals surface area (Å²) in [4.78, 5) is 4.20. The first kappa shape index (κ1) is 14.3. The van der Waals surface area contributed by atoms with Crippen LogP contribution in [-0.4, -0.2) is 21.9 Å². The number of aryl methyl sites for hydroxylation is 2. The third kappa shape index (κ3) is 2.59. The van der Waals surface area contributed by atoms with Crippen molar-refractivity contribution in [2.45, 2.75) is 13.5 Å². The third-order valence-corrected chi connectivity index (χ3v) is 3.57. The van der Waals surface area contributed by atoms with E-state index in [2.05, 4.69) is 15.4 Å². The van der Waals surface area contributed by atoms with E-state index in [1.54, 1.807) is 12.3 Å². The molecule has 3 aromatic rings. The Kier molecular flexibility index (Phi) is 3.66. The molecule has 6 heteroatoms. The van der Waals surface area contributed by atoms with Crippen LogP contribution in [0.4, 0.5) is 10.1 Å². The number of rotatable bonds is 4. The van der Waals surface area contributed by atoms with Crippen molar-refractivity contribution in [1.82, 2.24) is 14.8 Å². The fraction of sp³-hybridized carbons (Fsp3) is 0.250. The van der Waals surface area contributed by atoms with Gasteiger partial charge in [0.05, 0.1) is 30.6 Å². The lowest BCUT2D eigenvalue weighted by molar-refractivity contribution is 0.387. The molecule has 2 heterocycles. The maximum Gasteiger partial charge on any atom is 0.167 e. The maximum absolute atomic E-state index is 13.8. The first-order chi connectivity index (χ1) is 10.6. The molecule has 0 amide bonds. The minimum Gasteiger partial charge on any atom is -0.494 e. The minimum atomic E-state index is -0.415. The maximum atomic E-state index is 13.8. The van der Waals surface area contributed by atoms with Crippen molar-refractivity contribution in [3.05, 3.63) is 47.7 Å². The van der Waals surface area contributed by atoms with Gasteiger partial charge in [0, 0.05) is 30.4 Å². The van der Waals surface area contributed by atoms with Gasteiger partial charge in [-0.3, -0.25) is 9.67 Å². The minimum absolute atomic E-state index is 0.208. The summed E-state index contributed by atoms with van der Waals surface area (Å²) in [6, 6.07) is 6.93. The lowest BCUT2D eigenvalue weighted by Crippen LogP contribution is -2.06. The van der Waals surface area contributed by atoms with Crippen LogP contribution < -0.4 is 10.1 Å². The summed E-state index contributed by atoms with van der Waals surface area (Å²) in [7, 11) is 3.36. The van der Waals surface area contributed by atoms with E-state index in [0.29, 0.717) is 12.1 Å². The van der Waals surface area contributed by atoms with Crippen LogP contribution in [0.15, 0.2) is 30.5 Å². The Morgan fingerprint density at radius 3 is 2.82 bits per heavy atom. The van der Waals surface area contributed by atoms with E-state index in [-0.39, 0.29) is 5.75 Å². The number of halogens is 1. The normalized spacial score (nSPS) is 10.9. The van der Waals surface area contributed by atoms with Crippen molar-refractivity contribution >= 4 is 16.6 Å². The molecular formula is C16H17FN4O. The molecule has 0 bridgehead atoms. The molecule has 1 aromatic carbocycles. The number of methoxy groups -OCH3 is 1. The van der Waals surface area contributed by atoms with Crippen molar-refractivity contribution in [3.63, 3.8) is 0 Å². The van der Waals surface area contributed by atoms with E-state index in [9.17, 15) is 4.39 Å². The monoisotopic (exact) mass is 300 g/mol. The van der Waals surface area contributed by atoms with Crippen LogP contribution in [0.5, 0.6) is 5.75 Å². The molecule has 0 aliphatic heterocycles. The molecule has 2 aromatic heterocycles. The van der Waals surface area contributed by atoms with Gasteiger partial charge in [-0.2, -0.15) is 5.10 Å². The number of hydrogen-bond acceptors (Lipinski definition) is 4. The van der Waals surface area contributed by atoms with E-state index < -0.39 is 5.82 Å². The Bertz CT molecular complexity index is 828. The number of benzene rings is 1. The van der Waals surface area contributed by atoms with E-state index in [0.717, 1.165) is 22.5 Å². The molecule has 0 unspecified atom stereocenters. The molecule has 0 saturated heterocycles. The van der Waals surface area contributed by atoms with E-state index >= 15 is 0 Å². The fourth-order valence-electron chi connectivity index (χ4n) is 2.47. The van der Waals surface area contributed by atoms with Crippen molar-refractivity contribution in [2.75, 3.05) is 12.4 Å². The average molecular weight is 300 g/mol. The molecule has 0 radical (unpaired) electrons. The van der Waals surface area contributed by atoms with Crippen molar-refractivity contribution in [2.24, 2.45) is 7.05 Å². The summed E-state index contributed by atoms with van der Waals surface area (Å²) >= 11 is 0. The van der Waals surface area contributed by atoms with Crippen LogP contribution in [0.25, 0.3) is 10.9 Å². The number of nitrogens with one attached hydrogen (secondary N) is 1. The summed E-state index contributed by atoms with van der Waals surface area (Å²) in [5.41, 5.74) is 3.51. The van der Waals surface area contributed by atoms with Crippen molar-refractivity contribution < 1.29 is 9.13 Å². The number of aromatic nitrogens is 3. The Hall–Kier alpha value is -2.63. The number of fused-ring (bicyclic) bond motifs is 1. The second kappa shape index (κ2) is 5.63. The fourth-order valence-corrected chi connectivity index (χ4v) is 2.47. The Morgan fingerprint density at radius 1 is 1.32 bits per heavy atom. The van der Waals surface area contributed by atoms with E-state index in [4.69, 9.17) is 4.74 Å². The largest absolute Gasteiger partial charge is 0.494 e. The number of nitrogens with zero attached hydrogens (tertiary/aromatic N) is 3. The van der Waals surface area contributed by atoms with Gasteiger partial charge >= 0.3 is 0 Å².